The number of carbonyl (C=O) groups excluding carboxylic acids is 2. The third-order valence-electron chi connectivity index (χ3n) is 4.36. The molecule has 1 aliphatic heterocycles. The lowest BCUT2D eigenvalue weighted by molar-refractivity contribution is -0.188. The molecule has 26 heavy (non-hydrogen) atoms. The number of hydrogen-bond donors (Lipinski definition) is 1. The summed E-state index contributed by atoms with van der Waals surface area (Å²) in [5.74, 6) is -0.422. The largest absolute Gasteiger partial charge is 0.457 e. The van der Waals surface area contributed by atoms with Gasteiger partial charge >= 0.3 is 12.1 Å². The van der Waals surface area contributed by atoms with Gasteiger partial charge in [-0.25, -0.2) is 9.59 Å². The minimum Gasteiger partial charge on any atom is -0.457 e. The number of benzene rings is 2. The molecule has 1 fully saturated rings. The Morgan fingerprint density at radius 1 is 1.04 bits per heavy atom. The van der Waals surface area contributed by atoms with Gasteiger partial charge in [-0.15, -0.1) is 0 Å². The standard InChI is InChI=1S/C21H23NO4/c1-21(2,3)18-17(19(23)26-18)22-20(24)25-13-14-9-11-16(12-10-14)15-7-5-4-6-8-15/h4-12,17-18H,13H2,1-3H3,(H,22,24)/t17-,18+/m0/s1. The second-order valence-electron chi connectivity index (χ2n) is 7.48. The third kappa shape index (κ3) is 4.04. The van der Waals surface area contributed by atoms with Crippen molar-refractivity contribution in [3.63, 3.8) is 0 Å². The van der Waals surface area contributed by atoms with E-state index in [0.29, 0.717) is 0 Å². The Labute approximate surface area is 153 Å². The van der Waals surface area contributed by atoms with Crippen LogP contribution >= 0.6 is 0 Å². The maximum absolute atomic E-state index is 12.0. The molecule has 1 amide bonds. The molecule has 2 aromatic carbocycles. The van der Waals surface area contributed by atoms with Gasteiger partial charge < -0.3 is 14.8 Å². The zero-order valence-electron chi connectivity index (χ0n) is 15.2. The first-order valence-electron chi connectivity index (χ1n) is 8.63. The Morgan fingerprint density at radius 2 is 1.65 bits per heavy atom. The van der Waals surface area contributed by atoms with Gasteiger partial charge in [-0.05, 0) is 16.7 Å². The normalized spacial score (nSPS) is 19.3. The van der Waals surface area contributed by atoms with E-state index in [2.05, 4.69) is 5.32 Å². The molecule has 0 saturated carbocycles. The number of ether oxygens (including phenoxy) is 2. The molecule has 0 bridgehead atoms. The fraction of sp³-hybridized carbons (Fsp3) is 0.333. The molecule has 136 valence electrons. The van der Waals surface area contributed by atoms with E-state index in [1.54, 1.807) is 0 Å². The topological polar surface area (TPSA) is 64.6 Å². The molecule has 0 spiro atoms. The summed E-state index contributed by atoms with van der Waals surface area (Å²) in [6.45, 7) is 6.01. The Bertz CT molecular complexity index is 778. The molecular weight excluding hydrogens is 330 g/mol. The number of hydrogen-bond acceptors (Lipinski definition) is 4. The monoisotopic (exact) mass is 353 g/mol. The van der Waals surface area contributed by atoms with Gasteiger partial charge in [0.15, 0.2) is 6.04 Å². The molecule has 0 radical (unpaired) electrons. The van der Waals surface area contributed by atoms with Crippen molar-refractivity contribution in [3.8, 4) is 11.1 Å². The number of carbonyl (C=O) groups is 2. The number of amides is 1. The van der Waals surface area contributed by atoms with Crippen LogP contribution in [0, 0.1) is 5.41 Å². The van der Waals surface area contributed by atoms with Crippen molar-refractivity contribution in [1.82, 2.24) is 5.32 Å². The van der Waals surface area contributed by atoms with Crippen molar-refractivity contribution in [2.45, 2.75) is 39.5 Å². The summed E-state index contributed by atoms with van der Waals surface area (Å²) >= 11 is 0. The van der Waals surface area contributed by atoms with E-state index in [4.69, 9.17) is 9.47 Å². The highest BCUT2D eigenvalue weighted by molar-refractivity contribution is 5.86. The molecule has 0 unspecified atom stereocenters. The second kappa shape index (κ2) is 7.20. The summed E-state index contributed by atoms with van der Waals surface area (Å²) in [6, 6.07) is 17.2. The summed E-state index contributed by atoms with van der Waals surface area (Å²) in [6.07, 6.45) is -0.958. The van der Waals surface area contributed by atoms with E-state index >= 15 is 0 Å². The SMILES string of the molecule is CC(C)(C)[C@@H]1OC(=O)[C@H]1NC(=O)OCc1ccc(-c2ccccc2)cc1. The zero-order valence-corrected chi connectivity index (χ0v) is 15.2. The van der Waals surface area contributed by atoms with E-state index < -0.39 is 18.1 Å². The number of cyclic esters (lactones) is 1. The highest BCUT2D eigenvalue weighted by Crippen LogP contribution is 2.32. The van der Waals surface area contributed by atoms with Gasteiger partial charge in [0.1, 0.15) is 12.7 Å². The van der Waals surface area contributed by atoms with Gasteiger partial charge in [-0.3, -0.25) is 0 Å². The second-order valence-corrected chi connectivity index (χ2v) is 7.48. The molecule has 1 heterocycles. The quantitative estimate of drug-likeness (QED) is 0.846. The molecule has 0 aromatic heterocycles. The van der Waals surface area contributed by atoms with Crippen molar-refractivity contribution in [2.24, 2.45) is 5.41 Å². The van der Waals surface area contributed by atoms with Crippen molar-refractivity contribution in [2.75, 3.05) is 0 Å². The van der Waals surface area contributed by atoms with Crippen LogP contribution in [0.25, 0.3) is 11.1 Å². The number of nitrogens with one attached hydrogen (secondary N) is 1. The van der Waals surface area contributed by atoms with Gasteiger partial charge in [0.25, 0.3) is 0 Å². The van der Waals surface area contributed by atoms with E-state index in [0.717, 1.165) is 16.7 Å². The Balaban J connectivity index is 1.53. The molecule has 2 atom stereocenters. The summed E-state index contributed by atoms with van der Waals surface area (Å²) in [7, 11) is 0. The first kappa shape index (κ1) is 18.0. The summed E-state index contributed by atoms with van der Waals surface area (Å²) in [5, 5.41) is 2.59. The van der Waals surface area contributed by atoms with Crippen molar-refractivity contribution in [1.29, 1.82) is 0 Å². The third-order valence-corrected chi connectivity index (χ3v) is 4.36. The van der Waals surface area contributed by atoms with Crippen molar-refractivity contribution >= 4 is 12.1 Å². The molecule has 2 aromatic rings. The lowest BCUT2D eigenvalue weighted by atomic mass is 9.81. The van der Waals surface area contributed by atoms with Crippen LogP contribution in [0.5, 0.6) is 0 Å². The number of alkyl carbamates (subject to hydrolysis) is 1. The van der Waals surface area contributed by atoms with Crippen LogP contribution in [0.2, 0.25) is 0 Å². The van der Waals surface area contributed by atoms with Crippen LogP contribution in [0.1, 0.15) is 26.3 Å². The Hall–Kier alpha value is -2.82. The lowest BCUT2D eigenvalue weighted by Gasteiger charge is -2.42. The summed E-state index contributed by atoms with van der Waals surface area (Å²) in [4.78, 5) is 23.6. The Morgan fingerprint density at radius 3 is 2.23 bits per heavy atom. The van der Waals surface area contributed by atoms with Crippen LogP contribution < -0.4 is 5.32 Å². The maximum Gasteiger partial charge on any atom is 0.408 e. The molecule has 1 aliphatic rings. The molecule has 5 nitrogen and oxygen atoms in total. The average molecular weight is 353 g/mol. The molecular formula is C21H23NO4. The van der Waals surface area contributed by atoms with Crippen molar-refractivity contribution < 1.29 is 19.1 Å². The molecule has 5 heteroatoms. The molecule has 1 N–H and O–H groups in total. The minimum absolute atomic E-state index is 0.142. The smallest absolute Gasteiger partial charge is 0.408 e. The first-order chi connectivity index (χ1) is 12.3. The van der Waals surface area contributed by atoms with Gasteiger partial charge in [0.05, 0.1) is 0 Å². The fourth-order valence-electron chi connectivity index (χ4n) is 2.87. The number of esters is 1. The van der Waals surface area contributed by atoms with E-state index in [1.165, 1.54) is 0 Å². The van der Waals surface area contributed by atoms with Crippen LogP contribution in [0.3, 0.4) is 0 Å². The maximum atomic E-state index is 12.0. The zero-order chi connectivity index (χ0) is 18.7. The minimum atomic E-state index is -0.650. The van der Waals surface area contributed by atoms with E-state index in [9.17, 15) is 9.59 Å². The highest BCUT2D eigenvalue weighted by Gasteiger charge is 2.50. The summed E-state index contributed by atoms with van der Waals surface area (Å²) in [5.41, 5.74) is 2.88. The molecule has 0 aliphatic carbocycles. The van der Waals surface area contributed by atoms with Crippen LogP contribution in [-0.2, 0) is 20.9 Å². The first-order valence-corrected chi connectivity index (χ1v) is 8.63. The summed E-state index contributed by atoms with van der Waals surface area (Å²) < 4.78 is 10.4. The Kier molecular flexibility index (Phi) is 4.98. The lowest BCUT2D eigenvalue weighted by Crippen LogP contribution is -2.64. The average Bonchev–Trinajstić information content (AvgIpc) is 2.62. The van der Waals surface area contributed by atoms with Gasteiger partial charge in [0.2, 0.25) is 0 Å². The van der Waals surface area contributed by atoms with E-state index in [1.807, 2.05) is 75.4 Å². The molecule has 3 rings (SSSR count). The van der Waals surface area contributed by atoms with Gasteiger partial charge in [-0.2, -0.15) is 0 Å². The van der Waals surface area contributed by atoms with E-state index in [-0.39, 0.29) is 18.1 Å². The van der Waals surface area contributed by atoms with Gasteiger partial charge in [-0.1, -0.05) is 75.4 Å². The van der Waals surface area contributed by atoms with Crippen molar-refractivity contribution in [3.05, 3.63) is 60.2 Å². The fourth-order valence-corrected chi connectivity index (χ4v) is 2.87. The van der Waals surface area contributed by atoms with Crippen LogP contribution in [0.4, 0.5) is 4.79 Å². The predicted octanol–water partition coefficient (Wildman–Crippen LogP) is 3.92. The van der Waals surface area contributed by atoms with Crippen LogP contribution in [0.15, 0.2) is 54.6 Å². The number of rotatable bonds is 4. The highest BCUT2D eigenvalue weighted by atomic mass is 16.6. The van der Waals surface area contributed by atoms with Gasteiger partial charge in [0, 0.05) is 5.41 Å². The molecule has 1 saturated heterocycles. The predicted molar refractivity (Wildman–Crippen MR) is 98.3 cm³/mol. The van der Waals surface area contributed by atoms with Crippen LogP contribution in [-0.4, -0.2) is 24.2 Å².